The summed E-state index contributed by atoms with van der Waals surface area (Å²) in [7, 11) is 0. The number of hydrogen-bond acceptors (Lipinski definition) is 2. The molecule has 1 heterocycles. The van der Waals surface area contributed by atoms with Crippen molar-refractivity contribution in [2.45, 2.75) is 26.3 Å². The van der Waals surface area contributed by atoms with Crippen LogP contribution in [0.25, 0.3) is 0 Å². The number of para-hydroxylation sites is 1. The lowest BCUT2D eigenvalue weighted by Gasteiger charge is -2.23. The van der Waals surface area contributed by atoms with Gasteiger partial charge in [-0.25, -0.2) is 0 Å². The van der Waals surface area contributed by atoms with Crippen LogP contribution in [0.3, 0.4) is 0 Å². The van der Waals surface area contributed by atoms with Crippen molar-refractivity contribution < 1.29 is 0 Å². The monoisotopic (exact) mass is 354 g/mol. The maximum Gasteiger partial charge on any atom is 0.0831 e. The molecule has 0 amide bonds. The quantitative estimate of drug-likeness (QED) is 0.532. The van der Waals surface area contributed by atoms with Crippen LogP contribution >= 0.6 is 0 Å². The first kappa shape index (κ1) is 18.7. The van der Waals surface area contributed by atoms with Gasteiger partial charge in [0, 0.05) is 6.42 Å². The molecular weight excluding hydrogens is 328 g/mol. The van der Waals surface area contributed by atoms with Gasteiger partial charge in [0.2, 0.25) is 0 Å². The Hall–Kier alpha value is -3.13. The molecular formula is C25H26N2. The summed E-state index contributed by atoms with van der Waals surface area (Å²) in [4.78, 5) is 0. The van der Waals surface area contributed by atoms with E-state index in [1.165, 1.54) is 5.56 Å². The van der Waals surface area contributed by atoms with Gasteiger partial charge in [0.05, 0.1) is 17.4 Å². The molecule has 0 bridgehead atoms. The Bertz CT molecular complexity index is 871. The Morgan fingerprint density at radius 2 is 1.63 bits per heavy atom. The fourth-order valence-corrected chi connectivity index (χ4v) is 3.15. The van der Waals surface area contributed by atoms with Gasteiger partial charge in [0.25, 0.3) is 0 Å². The number of allylic oxidation sites excluding steroid dienone is 8. The van der Waals surface area contributed by atoms with Crippen molar-refractivity contribution in [3.8, 4) is 0 Å². The third-order valence-corrected chi connectivity index (χ3v) is 4.45. The molecule has 0 aromatic heterocycles. The molecule has 136 valence electrons. The number of hydrazone groups is 1. The van der Waals surface area contributed by atoms with Gasteiger partial charge in [-0.15, -0.1) is 0 Å². The van der Waals surface area contributed by atoms with Crippen LogP contribution in [0.1, 0.15) is 31.9 Å². The van der Waals surface area contributed by atoms with Gasteiger partial charge in [-0.2, -0.15) is 5.10 Å². The second-order valence-corrected chi connectivity index (χ2v) is 6.43. The van der Waals surface area contributed by atoms with E-state index in [0.717, 1.165) is 23.4 Å². The third-order valence-electron chi connectivity index (χ3n) is 4.45. The molecule has 0 N–H and O–H groups in total. The molecule has 1 aliphatic rings. The van der Waals surface area contributed by atoms with E-state index in [-0.39, 0.29) is 6.04 Å². The van der Waals surface area contributed by atoms with Crippen molar-refractivity contribution in [2.75, 3.05) is 5.01 Å². The predicted octanol–water partition coefficient (Wildman–Crippen LogP) is 6.63. The smallest absolute Gasteiger partial charge is 0.0831 e. The van der Waals surface area contributed by atoms with Gasteiger partial charge in [-0.3, -0.25) is 5.01 Å². The molecule has 3 rings (SSSR count). The molecule has 0 fully saturated rings. The molecule has 2 heteroatoms. The molecule has 0 radical (unpaired) electrons. The van der Waals surface area contributed by atoms with E-state index in [1.807, 2.05) is 26.0 Å². The zero-order valence-electron chi connectivity index (χ0n) is 16.0. The van der Waals surface area contributed by atoms with Crippen molar-refractivity contribution in [3.63, 3.8) is 0 Å². The minimum absolute atomic E-state index is 0.220. The largest absolute Gasteiger partial charge is 0.257 e. The maximum atomic E-state index is 4.92. The normalized spacial score (nSPS) is 18.1. The molecule has 1 atom stereocenters. The maximum absolute atomic E-state index is 4.92. The van der Waals surface area contributed by atoms with Gasteiger partial charge in [0.15, 0.2) is 0 Å². The zero-order chi connectivity index (χ0) is 18.9. The first-order valence-electron chi connectivity index (χ1n) is 9.42. The number of nitrogens with zero attached hydrogens (tertiary/aromatic N) is 2. The highest BCUT2D eigenvalue weighted by Crippen LogP contribution is 2.35. The summed E-state index contributed by atoms with van der Waals surface area (Å²) in [6.07, 6.45) is 15.5. The molecule has 0 aliphatic carbocycles. The highest BCUT2D eigenvalue weighted by molar-refractivity contribution is 5.98. The van der Waals surface area contributed by atoms with Crippen molar-refractivity contribution in [2.24, 2.45) is 5.10 Å². The molecule has 1 unspecified atom stereocenters. The van der Waals surface area contributed by atoms with Gasteiger partial charge in [-0.1, -0.05) is 85.0 Å². The van der Waals surface area contributed by atoms with Crippen LogP contribution in [0.2, 0.25) is 0 Å². The van der Waals surface area contributed by atoms with Gasteiger partial charge < -0.3 is 0 Å². The van der Waals surface area contributed by atoms with E-state index in [4.69, 9.17) is 5.10 Å². The second kappa shape index (κ2) is 9.54. The SMILES string of the molecule is C\C=C/C=C(\C=C/C)/C=C/C1=NN(c2ccccc2)C(c2ccccc2)C1. The number of rotatable bonds is 6. The summed E-state index contributed by atoms with van der Waals surface area (Å²) in [5.41, 5.74) is 4.65. The second-order valence-electron chi connectivity index (χ2n) is 6.43. The summed E-state index contributed by atoms with van der Waals surface area (Å²) in [6.45, 7) is 4.06. The lowest BCUT2D eigenvalue weighted by Crippen LogP contribution is -2.18. The minimum Gasteiger partial charge on any atom is -0.257 e. The molecule has 2 aromatic carbocycles. The van der Waals surface area contributed by atoms with Crippen LogP contribution in [-0.2, 0) is 0 Å². The van der Waals surface area contributed by atoms with Crippen LogP contribution < -0.4 is 5.01 Å². The summed E-state index contributed by atoms with van der Waals surface area (Å²) >= 11 is 0. The Kier molecular flexibility index (Phi) is 6.59. The Balaban J connectivity index is 1.89. The van der Waals surface area contributed by atoms with E-state index in [9.17, 15) is 0 Å². The van der Waals surface area contributed by atoms with Gasteiger partial charge >= 0.3 is 0 Å². The summed E-state index contributed by atoms with van der Waals surface area (Å²) in [6, 6.07) is 21.2. The lowest BCUT2D eigenvalue weighted by atomic mass is 10.0. The van der Waals surface area contributed by atoms with Crippen LogP contribution in [0.5, 0.6) is 0 Å². The summed E-state index contributed by atoms with van der Waals surface area (Å²) < 4.78 is 0. The van der Waals surface area contributed by atoms with Crippen molar-refractivity contribution in [1.82, 2.24) is 0 Å². The molecule has 2 nitrogen and oxygen atoms in total. The average molecular weight is 354 g/mol. The zero-order valence-corrected chi connectivity index (χ0v) is 16.0. The molecule has 0 spiro atoms. The highest BCUT2D eigenvalue weighted by Gasteiger charge is 2.27. The van der Waals surface area contributed by atoms with Crippen molar-refractivity contribution in [3.05, 3.63) is 114 Å². The molecule has 0 saturated heterocycles. The Labute approximate surface area is 162 Å². The van der Waals surface area contributed by atoms with Crippen LogP contribution in [-0.4, -0.2) is 5.71 Å². The average Bonchev–Trinajstić information content (AvgIpc) is 3.16. The minimum atomic E-state index is 0.220. The van der Waals surface area contributed by atoms with Crippen molar-refractivity contribution in [1.29, 1.82) is 0 Å². The first-order chi connectivity index (χ1) is 13.3. The standard InChI is InChI=1S/C25H26N2/c1-3-5-13-21(12-4-2)18-19-23-20-25(22-14-8-6-9-15-22)27(26-23)24-16-10-7-11-17-24/h3-19,25H,20H2,1-2H3/b5-3-,12-4-,19-18+,21-13+. The fraction of sp³-hybridized carbons (Fsp3) is 0.160. The topological polar surface area (TPSA) is 15.6 Å². The lowest BCUT2D eigenvalue weighted by molar-refractivity contribution is 0.709. The molecule has 27 heavy (non-hydrogen) atoms. The van der Waals surface area contributed by atoms with Gasteiger partial charge in [0.1, 0.15) is 0 Å². The summed E-state index contributed by atoms with van der Waals surface area (Å²) in [5.74, 6) is 0. The summed E-state index contributed by atoms with van der Waals surface area (Å²) in [5, 5.41) is 7.06. The van der Waals surface area contributed by atoms with E-state index < -0.39 is 0 Å². The number of anilines is 1. The van der Waals surface area contributed by atoms with Crippen molar-refractivity contribution >= 4 is 11.4 Å². The number of benzene rings is 2. The van der Waals surface area contributed by atoms with Crippen LogP contribution in [0.15, 0.2) is 114 Å². The van der Waals surface area contributed by atoms with Crippen LogP contribution in [0.4, 0.5) is 5.69 Å². The third kappa shape index (κ3) is 4.95. The molecule has 1 aliphatic heterocycles. The highest BCUT2D eigenvalue weighted by atomic mass is 15.5. The fourth-order valence-electron chi connectivity index (χ4n) is 3.15. The van der Waals surface area contributed by atoms with Gasteiger partial charge in [-0.05, 0) is 43.2 Å². The van der Waals surface area contributed by atoms with E-state index in [2.05, 4.69) is 96.1 Å². The Morgan fingerprint density at radius 3 is 2.30 bits per heavy atom. The molecule has 0 saturated carbocycles. The molecule has 2 aromatic rings. The van der Waals surface area contributed by atoms with E-state index in [1.54, 1.807) is 0 Å². The number of hydrogen-bond donors (Lipinski definition) is 0. The van der Waals surface area contributed by atoms with E-state index in [0.29, 0.717) is 0 Å². The Morgan fingerprint density at radius 1 is 0.926 bits per heavy atom. The van der Waals surface area contributed by atoms with E-state index >= 15 is 0 Å². The van der Waals surface area contributed by atoms with Crippen LogP contribution in [0, 0.1) is 0 Å². The predicted molar refractivity (Wildman–Crippen MR) is 117 cm³/mol. The first-order valence-corrected chi connectivity index (χ1v) is 9.42.